The normalized spacial score (nSPS) is 19.3. The summed E-state index contributed by atoms with van der Waals surface area (Å²) in [5.41, 5.74) is 1.90. The number of aryl methyl sites for hydroxylation is 2. The number of nitriles is 1. The second kappa shape index (κ2) is 5.52. The van der Waals surface area contributed by atoms with Gasteiger partial charge in [-0.15, -0.1) is 0 Å². The first-order chi connectivity index (χ1) is 8.99. The van der Waals surface area contributed by atoms with E-state index < -0.39 is 0 Å². The first-order valence-corrected chi connectivity index (χ1v) is 7.20. The van der Waals surface area contributed by atoms with Crippen LogP contribution >= 0.6 is 11.6 Å². The Kier molecular flexibility index (Phi) is 4.17. The average molecular weight is 281 g/mol. The molecule has 1 fully saturated rings. The Hall–Kier alpha value is -1.05. The number of rotatable bonds is 3. The second-order valence-electron chi connectivity index (χ2n) is 5.63. The van der Waals surface area contributed by atoms with Crippen molar-refractivity contribution in [1.29, 1.82) is 5.26 Å². The van der Waals surface area contributed by atoms with Crippen molar-refractivity contribution in [2.75, 3.05) is 13.1 Å². The molecule has 1 aromatic rings. The first kappa shape index (κ1) is 14.4. The lowest BCUT2D eigenvalue weighted by atomic mass is 9.82. The molecule has 1 aliphatic heterocycles. The van der Waals surface area contributed by atoms with Crippen LogP contribution in [0.15, 0.2) is 0 Å². The zero-order valence-electron chi connectivity index (χ0n) is 11.9. The van der Waals surface area contributed by atoms with Crippen LogP contribution in [0.25, 0.3) is 0 Å². The van der Waals surface area contributed by atoms with Gasteiger partial charge >= 0.3 is 0 Å². The molecule has 0 spiro atoms. The highest BCUT2D eigenvalue weighted by Gasteiger charge is 2.30. The predicted octanol–water partition coefficient (Wildman–Crippen LogP) is 2.76. The average Bonchev–Trinajstić information content (AvgIpc) is 2.69. The summed E-state index contributed by atoms with van der Waals surface area (Å²) in [6, 6.07) is 2.43. The van der Waals surface area contributed by atoms with Gasteiger partial charge in [0.05, 0.1) is 27.9 Å². The van der Waals surface area contributed by atoms with Crippen LogP contribution in [0.4, 0.5) is 0 Å². The van der Waals surface area contributed by atoms with Crippen molar-refractivity contribution >= 4 is 11.6 Å². The van der Waals surface area contributed by atoms with Crippen molar-refractivity contribution in [3.05, 3.63) is 16.4 Å². The fourth-order valence-corrected chi connectivity index (χ4v) is 2.87. The summed E-state index contributed by atoms with van der Waals surface area (Å²) in [4.78, 5) is 2.36. The molecular formula is C14H21ClN4. The summed E-state index contributed by atoms with van der Waals surface area (Å²) in [5, 5.41) is 14.4. The molecule has 0 atom stereocenters. The number of halogens is 1. The molecule has 0 aromatic carbocycles. The number of hydrogen-bond donors (Lipinski definition) is 0. The van der Waals surface area contributed by atoms with Gasteiger partial charge in [-0.1, -0.05) is 18.5 Å². The summed E-state index contributed by atoms with van der Waals surface area (Å²) < 4.78 is 1.89. The van der Waals surface area contributed by atoms with Gasteiger partial charge < -0.3 is 0 Å². The lowest BCUT2D eigenvalue weighted by Gasteiger charge is -2.34. The van der Waals surface area contributed by atoms with Crippen molar-refractivity contribution in [1.82, 2.24) is 14.7 Å². The van der Waals surface area contributed by atoms with E-state index in [2.05, 4.69) is 29.9 Å². The molecule has 5 heteroatoms. The third kappa shape index (κ3) is 2.93. The maximum absolute atomic E-state index is 9.15. The van der Waals surface area contributed by atoms with E-state index in [1.807, 2.05) is 11.7 Å². The lowest BCUT2D eigenvalue weighted by Crippen LogP contribution is -2.38. The fourth-order valence-electron chi connectivity index (χ4n) is 2.52. The second-order valence-corrected chi connectivity index (χ2v) is 6.01. The third-order valence-electron chi connectivity index (χ3n) is 4.11. The SMILES string of the molecule is CCc1nn(C)c(CN2CCC(C)(C#N)CC2)c1Cl. The Morgan fingerprint density at radius 2 is 2.05 bits per heavy atom. The summed E-state index contributed by atoms with van der Waals surface area (Å²) >= 11 is 6.37. The number of likely N-dealkylation sites (tertiary alicyclic amines) is 1. The van der Waals surface area contributed by atoms with Crippen LogP contribution in [0.5, 0.6) is 0 Å². The molecule has 1 saturated heterocycles. The molecule has 0 bridgehead atoms. The fraction of sp³-hybridized carbons (Fsp3) is 0.714. The maximum atomic E-state index is 9.15. The number of aromatic nitrogens is 2. The van der Waals surface area contributed by atoms with Gasteiger partial charge in [0.25, 0.3) is 0 Å². The van der Waals surface area contributed by atoms with Crippen LogP contribution < -0.4 is 0 Å². The van der Waals surface area contributed by atoms with Gasteiger partial charge in [-0.25, -0.2) is 0 Å². The van der Waals surface area contributed by atoms with Gasteiger partial charge in [0, 0.05) is 26.7 Å². The minimum atomic E-state index is -0.151. The Labute approximate surface area is 120 Å². The van der Waals surface area contributed by atoms with E-state index in [0.29, 0.717) is 0 Å². The summed E-state index contributed by atoms with van der Waals surface area (Å²) in [6.45, 7) is 6.84. The molecule has 1 aliphatic rings. The molecule has 1 aromatic heterocycles. The van der Waals surface area contributed by atoms with E-state index in [9.17, 15) is 0 Å². The maximum Gasteiger partial charge on any atom is 0.0863 e. The minimum absolute atomic E-state index is 0.151. The van der Waals surface area contributed by atoms with E-state index in [0.717, 1.165) is 55.3 Å². The van der Waals surface area contributed by atoms with Crippen molar-refractivity contribution in [3.63, 3.8) is 0 Å². The monoisotopic (exact) mass is 280 g/mol. The molecule has 0 amide bonds. The third-order valence-corrected chi connectivity index (χ3v) is 4.54. The highest BCUT2D eigenvalue weighted by molar-refractivity contribution is 6.31. The largest absolute Gasteiger partial charge is 0.297 e. The Morgan fingerprint density at radius 1 is 1.42 bits per heavy atom. The van der Waals surface area contributed by atoms with Gasteiger partial charge in [-0.3, -0.25) is 9.58 Å². The van der Waals surface area contributed by atoms with Gasteiger partial charge in [0.15, 0.2) is 0 Å². The van der Waals surface area contributed by atoms with Crippen LogP contribution in [0.1, 0.15) is 38.1 Å². The number of piperidine rings is 1. The number of nitrogens with zero attached hydrogens (tertiary/aromatic N) is 4. The van der Waals surface area contributed by atoms with Crippen molar-refractivity contribution in [2.24, 2.45) is 12.5 Å². The van der Waals surface area contributed by atoms with Crippen LogP contribution in [-0.2, 0) is 20.0 Å². The smallest absolute Gasteiger partial charge is 0.0863 e. The molecule has 19 heavy (non-hydrogen) atoms. The summed E-state index contributed by atoms with van der Waals surface area (Å²) in [7, 11) is 1.95. The molecule has 0 aliphatic carbocycles. The van der Waals surface area contributed by atoms with Crippen LogP contribution in [0.3, 0.4) is 0 Å². The van der Waals surface area contributed by atoms with Gasteiger partial charge in [-0.05, 0) is 26.2 Å². The van der Waals surface area contributed by atoms with E-state index in [-0.39, 0.29) is 5.41 Å². The molecule has 2 heterocycles. The van der Waals surface area contributed by atoms with E-state index in [1.54, 1.807) is 0 Å². The molecule has 0 saturated carbocycles. The Bertz CT molecular complexity index is 492. The minimum Gasteiger partial charge on any atom is -0.297 e. The van der Waals surface area contributed by atoms with Crippen molar-refractivity contribution in [3.8, 4) is 6.07 Å². The van der Waals surface area contributed by atoms with Gasteiger partial charge in [0.1, 0.15) is 0 Å². The zero-order valence-corrected chi connectivity index (χ0v) is 12.7. The van der Waals surface area contributed by atoms with Crippen LogP contribution in [0.2, 0.25) is 5.02 Å². The topological polar surface area (TPSA) is 44.9 Å². The molecule has 0 N–H and O–H groups in total. The van der Waals surface area contributed by atoms with Crippen LogP contribution in [-0.4, -0.2) is 27.8 Å². The zero-order chi connectivity index (χ0) is 14.0. The van der Waals surface area contributed by atoms with Gasteiger partial charge in [0.2, 0.25) is 0 Å². The van der Waals surface area contributed by atoms with E-state index in [4.69, 9.17) is 16.9 Å². The highest BCUT2D eigenvalue weighted by atomic mass is 35.5. The van der Waals surface area contributed by atoms with Crippen LogP contribution in [0, 0.1) is 16.7 Å². The van der Waals surface area contributed by atoms with Gasteiger partial charge in [-0.2, -0.15) is 10.4 Å². The van der Waals surface area contributed by atoms with Crippen molar-refractivity contribution < 1.29 is 0 Å². The molecular weight excluding hydrogens is 260 g/mol. The quantitative estimate of drug-likeness (QED) is 0.855. The Morgan fingerprint density at radius 3 is 2.53 bits per heavy atom. The van der Waals surface area contributed by atoms with E-state index >= 15 is 0 Å². The summed E-state index contributed by atoms with van der Waals surface area (Å²) in [5.74, 6) is 0. The van der Waals surface area contributed by atoms with E-state index in [1.165, 1.54) is 0 Å². The Balaban J connectivity index is 2.04. The molecule has 4 nitrogen and oxygen atoms in total. The van der Waals surface area contributed by atoms with Crippen molar-refractivity contribution in [2.45, 2.75) is 39.7 Å². The molecule has 0 radical (unpaired) electrons. The molecule has 104 valence electrons. The predicted molar refractivity (Wildman–Crippen MR) is 75.8 cm³/mol. The lowest BCUT2D eigenvalue weighted by molar-refractivity contribution is 0.147. The first-order valence-electron chi connectivity index (χ1n) is 6.83. The molecule has 0 unspecified atom stereocenters. The molecule has 2 rings (SSSR count). The standard InChI is InChI=1S/C14H21ClN4/c1-4-11-13(15)12(18(3)17-11)9-19-7-5-14(2,10-16)6-8-19/h4-9H2,1-3H3. The number of hydrogen-bond acceptors (Lipinski definition) is 3. The highest BCUT2D eigenvalue weighted by Crippen LogP contribution is 2.31. The summed E-state index contributed by atoms with van der Waals surface area (Å²) in [6.07, 6.45) is 2.72.